The molecule has 2 aromatic carbocycles. The number of nitrogen functional groups attached to an aromatic ring is 1. The number of aromatic nitrogens is 2. The van der Waals surface area contributed by atoms with Crippen LogP contribution in [0.3, 0.4) is 0 Å². The van der Waals surface area contributed by atoms with Crippen LogP contribution >= 0.6 is 22.6 Å². The Hall–Kier alpha value is -1.83. The van der Waals surface area contributed by atoms with Gasteiger partial charge in [-0.2, -0.15) is 0 Å². The third-order valence-electron chi connectivity index (χ3n) is 3.04. The standard InChI is InChI=1S/C14H11FIN3O/c1-20-13-5-3-9(7-10(13)15)19-12-4-2-8(16)6-11(12)18-14(19)17/h2-7H,1H3,(H2,17,18). The fourth-order valence-corrected chi connectivity index (χ4v) is 2.61. The highest BCUT2D eigenvalue weighted by molar-refractivity contribution is 14.1. The second-order valence-corrected chi connectivity index (χ2v) is 5.50. The van der Waals surface area contributed by atoms with Crippen LogP contribution in [0.25, 0.3) is 16.7 Å². The Bertz CT molecular complexity index is 800. The van der Waals surface area contributed by atoms with Gasteiger partial charge in [0.15, 0.2) is 11.6 Å². The lowest BCUT2D eigenvalue weighted by Crippen LogP contribution is -2.01. The van der Waals surface area contributed by atoms with Gasteiger partial charge in [-0.3, -0.25) is 4.57 Å². The Labute approximate surface area is 128 Å². The summed E-state index contributed by atoms with van der Waals surface area (Å²) >= 11 is 2.21. The number of rotatable bonds is 2. The molecule has 0 saturated heterocycles. The van der Waals surface area contributed by atoms with Gasteiger partial charge in [-0.05, 0) is 52.9 Å². The number of hydrogen-bond donors (Lipinski definition) is 1. The normalized spacial score (nSPS) is 10.9. The molecular weight excluding hydrogens is 372 g/mol. The van der Waals surface area contributed by atoms with Crippen LogP contribution in [-0.4, -0.2) is 16.7 Å². The number of nitrogens with zero attached hydrogens (tertiary/aromatic N) is 2. The third kappa shape index (κ3) is 2.09. The second-order valence-electron chi connectivity index (χ2n) is 4.26. The predicted molar refractivity (Wildman–Crippen MR) is 84.7 cm³/mol. The lowest BCUT2D eigenvalue weighted by Gasteiger charge is -2.08. The maximum absolute atomic E-state index is 13.8. The van der Waals surface area contributed by atoms with Crippen molar-refractivity contribution in [2.45, 2.75) is 0 Å². The first-order chi connectivity index (χ1) is 9.60. The molecule has 1 heterocycles. The van der Waals surface area contributed by atoms with Gasteiger partial charge in [0, 0.05) is 9.64 Å². The monoisotopic (exact) mass is 383 g/mol. The molecule has 0 fully saturated rings. The Kier molecular flexibility index (Phi) is 3.25. The lowest BCUT2D eigenvalue weighted by molar-refractivity contribution is 0.386. The van der Waals surface area contributed by atoms with Gasteiger partial charge in [0.25, 0.3) is 0 Å². The molecular formula is C14H11FIN3O. The molecule has 102 valence electrons. The van der Waals surface area contributed by atoms with Crippen LogP contribution in [0.2, 0.25) is 0 Å². The fourth-order valence-electron chi connectivity index (χ4n) is 2.14. The van der Waals surface area contributed by atoms with Crippen molar-refractivity contribution in [2.75, 3.05) is 12.8 Å². The zero-order chi connectivity index (χ0) is 14.3. The summed E-state index contributed by atoms with van der Waals surface area (Å²) in [7, 11) is 1.43. The van der Waals surface area contributed by atoms with E-state index in [1.807, 2.05) is 18.2 Å². The number of imidazole rings is 1. The minimum atomic E-state index is -0.434. The number of fused-ring (bicyclic) bond motifs is 1. The molecule has 0 radical (unpaired) electrons. The van der Waals surface area contributed by atoms with Gasteiger partial charge >= 0.3 is 0 Å². The molecule has 3 rings (SSSR count). The Morgan fingerprint density at radius 2 is 2.05 bits per heavy atom. The number of methoxy groups -OCH3 is 1. The van der Waals surface area contributed by atoms with E-state index in [0.717, 1.165) is 14.6 Å². The first-order valence-electron chi connectivity index (χ1n) is 5.87. The van der Waals surface area contributed by atoms with Crippen LogP contribution in [0.5, 0.6) is 5.75 Å². The van der Waals surface area contributed by atoms with Crippen molar-refractivity contribution < 1.29 is 9.13 Å². The maximum atomic E-state index is 13.8. The highest BCUT2D eigenvalue weighted by Gasteiger charge is 2.12. The Morgan fingerprint density at radius 3 is 2.75 bits per heavy atom. The van der Waals surface area contributed by atoms with Crippen LogP contribution in [0.15, 0.2) is 36.4 Å². The summed E-state index contributed by atoms with van der Waals surface area (Å²) in [5, 5.41) is 0. The van der Waals surface area contributed by atoms with Crippen molar-refractivity contribution in [3.8, 4) is 11.4 Å². The van der Waals surface area contributed by atoms with Gasteiger partial charge < -0.3 is 10.5 Å². The van der Waals surface area contributed by atoms with Gasteiger partial charge in [-0.15, -0.1) is 0 Å². The molecule has 0 bridgehead atoms. The van der Waals surface area contributed by atoms with Gasteiger partial charge in [0.05, 0.1) is 23.8 Å². The molecule has 0 aliphatic carbocycles. The molecule has 0 spiro atoms. The summed E-state index contributed by atoms with van der Waals surface area (Å²) in [4.78, 5) is 4.30. The van der Waals surface area contributed by atoms with Crippen LogP contribution in [0, 0.1) is 9.39 Å². The topological polar surface area (TPSA) is 53.1 Å². The largest absolute Gasteiger partial charge is 0.494 e. The summed E-state index contributed by atoms with van der Waals surface area (Å²) < 4.78 is 21.5. The van der Waals surface area contributed by atoms with E-state index in [2.05, 4.69) is 27.6 Å². The van der Waals surface area contributed by atoms with Gasteiger partial charge in [-0.1, -0.05) is 0 Å². The number of ether oxygens (including phenoxy) is 1. The van der Waals surface area contributed by atoms with E-state index >= 15 is 0 Å². The Balaban J connectivity index is 2.23. The molecule has 3 aromatic rings. The minimum Gasteiger partial charge on any atom is -0.494 e. The molecule has 20 heavy (non-hydrogen) atoms. The quantitative estimate of drug-likeness (QED) is 0.691. The van der Waals surface area contributed by atoms with Crippen LogP contribution < -0.4 is 10.5 Å². The van der Waals surface area contributed by atoms with Gasteiger partial charge in [-0.25, -0.2) is 9.37 Å². The molecule has 1 aromatic heterocycles. The van der Waals surface area contributed by atoms with E-state index in [1.165, 1.54) is 13.2 Å². The van der Waals surface area contributed by atoms with Crippen LogP contribution in [-0.2, 0) is 0 Å². The van der Waals surface area contributed by atoms with E-state index in [9.17, 15) is 4.39 Å². The Morgan fingerprint density at radius 1 is 1.25 bits per heavy atom. The molecule has 0 unspecified atom stereocenters. The first-order valence-corrected chi connectivity index (χ1v) is 6.95. The molecule has 0 atom stereocenters. The molecule has 0 aliphatic heterocycles. The van der Waals surface area contributed by atoms with Crippen molar-refractivity contribution >= 4 is 39.6 Å². The summed E-state index contributed by atoms with van der Waals surface area (Å²) in [6, 6.07) is 10.5. The number of halogens is 2. The number of nitrogens with two attached hydrogens (primary N) is 1. The van der Waals surface area contributed by atoms with Gasteiger partial charge in [0.2, 0.25) is 5.95 Å². The van der Waals surface area contributed by atoms with Crippen molar-refractivity contribution in [3.05, 3.63) is 45.8 Å². The molecule has 0 saturated carbocycles. The zero-order valence-corrected chi connectivity index (χ0v) is 12.8. The summed E-state index contributed by atoms with van der Waals surface area (Å²) in [6.07, 6.45) is 0. The zero-order valence-electron chi connectivity index (χ0n) is 10.6. The summed E-state index contributed by atoms with van der Waals surface area (Å²) in [5.74, 6) is 0.0922. The summed E-state index contributed by atoms with van der Waals surface area (Å²) in [5.41, 5.74) is 8.19. The average Bonchev–Trinajstić information content (AvgIpc) is 2.73. The molecule has 6 heteroatoms. The molecule has 0 aliphatic rings. The van der Waals surface area contributed by atoms with Crippen molar-refractivity contribution in [3.63, 3.8) is 0 Å². The highest BCUT2D eigenvalue weighted by atomic mass is 127. The van der Waals surface area contributed by atoms with E-state index in [4.69, 9.17) is 10.5 Å². The maximum Gasteiger partial charge on any atom is 0.205 e. The number of benzene rings is 2. The van der Waals surface area contributed by atoms with Crippen LogP contribution in [0.4, 0.5) is 10.3 Å². The van der Waals surface area contributed by atoms with Crippen molar-refractivity contribution in [1.29, 1.82) is 0 Å². The highest BCUT2D eigenvalue weighted by Crippen LogP contribution is 2.27. The SMILES string of the molecule is COc1ccc(-n2c(N)nc3cc(I)ccc32)cc1F. The fraction of sp³-hybridized carbons (Fsp3) is 0.0714. The number of hydrogen-bond acceptors (Lipinski definition) is 3. The minimum absolute atomic E-state index is 0.200. The summed E-state index contributed by atoms with van der Waals surface area (Å²) in [6.45, 7) is 0. The smallest absolute Gasteiger partial charge is 0.205 e. The second kappa shape index (κ2) is 4.93. The van der Waals surface area contributed by atoms with Crippen LogP contribution in [0.1, 0.15) is 0 Å². The van der Waals surface area contributed by atoms with E-state index in [1.54, 1.807) is 16.7 Å². The molecule has 4 nitrogen and oxygen atoms in total. The van der Waals surface area contributed by atoms with E-state index in [0.29, 0.717) is 11.6 Å². The molecule has 0 amide bonds. The van der Waals surface area contributed by atoms with Gasteiger partial charge in [0.1, 0.15) is 0 Å². The third-order valence-corrected chi connectivity index (χ3v) is 3.71. The van der Waals surface area contributed by atoms with E-state index < -0.39 is 5.82 Å². The lowest BCUT2D eigenvalue weighted by atomic mass is 10.2. The average molecular weight is 383 g/mol. The first kappa shape index (κ1) is 13.2. The van der Waals surface area contributed by atoms with E-state index in [-0.39, 0.29) is 5.75 Å². The number of anilines is 1. The van der Waals surface area contributed by atoms with Crippen molar-refractivity contribution in [2.24, 2.45) is 0 Å². The van der Waals surface area contributed by atoms with Crippen molar-refractivity contribution in [1.82, 2.24) is 9.55 Å². The predicted octanol–water partition coefficient (Wildman–Crippen LogP) is 3.36. The molecule has 2 N–H and O–H groups in total.